The van der Waals surface area contributed by atoms with Crippen LogP contribution < -0.4 is 0 Å². The molecule has 0 spiro atoms. The average Bonchev–Trinajstić information content (AvgIpc) is 2.36. The Balaban J connectivity index is 2.55. The van der Waals surface area contributed by atoms with Crippen LogP contribution in [0.3, 0.4) is 0 Å². The number of benzene rings is 3. The van der Waals surface area contributed by atoms with Crippen LogP contribution in [0.15, 0.2) is 48.5 Å². The molecule has 0 radical (unpaired) electrons. The quantitative estimate of drug-likeness (QED) is 0.480. The molecule has 3 rings (SSSR count). The Bertz CT molecular complexity index is 770. The van der Waals surface area contributed by atoms with Gasteiger partial charge in [0.05, 0.1) is 5.56 Å². The molecule has 96 valence electrons. The van der Waals surface area contributed by atoms with E-state index in [2.05, 4.69) is 0 Å². The molecule has 0 aliphatic rings. The lowest BCUT2D eigenvalue weighted by Gasteiger charge is -2.13. The maximum atomic E-state index is 13.1. The van der Waals surface area contributed by atoms with E-state index in [1.54, 1.807) is 24.3 Å². The van der Waals surface area contributed by atoms with Crippen LogP contribution in [0, 0.1) is 6.92 Å². The zero-order valence-corrected chi connectivity index (χ0v) is 10.3. The van der Waals surface area contributed by atoms with Crippen LogP contribution in [0.5, 0.6) is 0 Å². The Morgan fingerprint density at radius 2 is 1.53 bits per heavy atom. The van der Waals surface area contributed by atoms with Crippen molar-refractivity contribution in [1.29, 1.82) is 0 Å². The maximum Gasteiger partial charge on any atom is 0.417 e. The van der Waals surface area contributed by atoms with Crippen molar-refractivity contribution < 1.29 is 13.2 Å². The van der Waals surface area contributed by atoms with Gasteiger partial charge in [-0.05, 0) is 34.5 Å². The van der Waals surface area contributed by atoms with Gasteiger partial charge in [-0.25, -0.2) is 0 Å². The molecule has 0 nitrogen and oxygen atoms in total. The second-order valence-electron chi connectivity index (χ2n) is 4.69. The summed E-state index contributed by atoms with van der Waals surface area (Å²) < 4.78 is 39.4. The van der Waals surface area contributed by atoms with Crippen LogP contribution >= 0.6 is 0 Å². The van der Waals surface area contributed by atoms with Crippen LogP contribution in [-0.2, 0) is 6.18 Å². The summed E-state index contributed by atoms with van der Waals surface area (Å²) in [5.41, 5.74) is 0.387. The topological polar surface area (TPSA) is 0 Å². The molecule has 0 amide bonds. The van der Waals surface area contributed by atoms with Crippen molar-refractivity contribution in [3.8, 4) is 0 Å². The molecule has 0 heterocycles. The van der Waals surface area contributed by atoms with Crippen LogP contribution in [0.4, 0.5) is 13.2 Å². The number of aryl methyl sites for hydroxylation is 1. The van der Waals surface area contributed by atoms with E-state index < -0.39 is 11.7 Å². The van der Waals surface area contributed by atoms with Crippen LogP contribution in [0.2, 0.25) is 0 Å². The minimum absolute atomic E-state index is 0.261. The molecule has 0 saturated heterocycles. The summed E-state index contributed by atoms with van der Waals surface area (Å²) in [7, 11) is 0. The van der Waals surface area contributed by atoms with Gasteiger partial charge in [0.1, 0.15) is 0 Å². The molecule has 3 aromatic carbocycles. The van der Waals surface area contributed by atoms with E-state index in [0.29, 0.717) is 10.8 Å². The highest BCUT2D eigenvalue weighted by Crippen LogP contribution is 2.38. The summed E-state index contributed by atoms with van der Waals surface area (Å²) >= 11 is 0. The molecule has 0 fully saturated rings. The van der Waals surface area contributed by atoms with Gasteiger partial charge in [0.15, 0.2) is 0 Å². The van der Waals surface area contributed by atoms with Gasteiger partial charge < -0.3 is 0 Å². The third-order valence-corrected chi connectivity index (χ3v) is 3.32. The molecule has 3 aromatic rings. The molecule has 0 atom stereocenters. The Morgan fingerprint density at radius 3 is 2.26 bits per heavy atom. The molecular weight excluding hydrogens is 249 g/mol. The number of halogens is 3. The van der Waals surface area contributed by atoms with Crippen molar-refractivity contribution in [2.45, 2.75) is 13.1 Å². The molecular formula is C16H11F3. The van der Waals surface area contributed by atoms with Gasteiger partial charge in [-0.2, -0.15) is 13.2 Å². The number of fused-ring (bicyclic) bond motifs is 3. The van der Waals surface area contributed by atoms with Gasteiger partial charge >= 0.3 is 6.18 Å². The third-order valence-electron chi connectivity index (χ3n) is 3.32. The predicted molar refractivity (Wildman–Crippen MR) is 71.2 cm³/mol. The number of hydrogen-bond donors (Lipinski definition) is 0. The predicted octanol–water partition coefficient (Wildman–Crippen LogP) is 5.32. The summed E-state index contributed by atoms with van der Waals surface area (Å²) in [5.74, 6) is 0. The molecule has 0 aliphatic heterocycles. The van der Waals surface area contributed by atoms with Crippen LogP contribution in [-0.4, -0.2) is 0 Å². The van der Waals surface area contributed by atoms with Crippen molar-refractivity contribution >= 4 is 21.5 Å². The first-order chi connectivity index (χ1) is 8.97. The summed E-state index contributed by atoms with van der Waals surface area (Å²) in [5, 5.41) is 2.39. The van der Waals surface area contributed by atoms with Crippen molar-refractivity contribution in [2.24, 2.45) is 0 Å². The second kappa shape index (κ2) is 3.98. The molecule has 3 heteroatoms. The summed E-state index contributed by atoms with van der Waals surface area (Å²) in [6.07, 6.45) is -4.34. The third kappa shape index (κ3) is 1.95. The van der Waals surface area contributed by atoms with E-state index >= 15 is 0 Å². The van der Waals surface area contributed by atoms with Crippen molar-refractivity contribution in [3.05, 3.63) is 59.7 Å². The standard InChI is InChI=1S/C16H11F3/c1-10-6-7-13-14(8-10)12-5-3-2-4-11(12)9-15(13)16(17,18)19/h2-9H,1H3. The maximum absolute atomic E-state index is 13.1. The fourth-order valence-electron chi connectivity index (χ4n) is 2.45. The largest absolute Gasteiger partial charge is 0.417 e. The summed E-state index contributed by atoms with van der Waals surface area (Å²) in [6, 6.07) is 13.5. The zero-order chi connectivity index (χ0) is 13.6. The SMILES string of the molecule is Cc1ccc2c(C(F)(F)F)cc3ccccc3c2c1. The lowest BCUT2D eigenvalue weighted by molar-refractivity contribution is -0.136. The Kier molecular flexibility index (Phi) is 2.52. The van der Waals surface area contributed by atoms with E-state index in [1.807, 2.05) is 25.1 Å². The summed E-state index contributed by atoms with van der Waals surface area (Å²) in [4.78, 5) is 0. The van der Waals surface area contributed by atoms with Crippen molar-refractivity contribution in [3.63, 3.8) is 0 Å². The smallest absolute Gasteiger partial charge is 0.166 e. The lowest BCUT2D eigenvalue weighted by atomic mass is 9.96. The minimum atomic E-state index is -4.34. The average molecular weight is 260 g/mol. The highest BCUT2D eigenvalue weighted by molar-refractivity contribution is 6.09. The summed E-state index contributed by atoms with van der Waals surface area (Å²) in [6.45, 7) is 1.88. The van der Waals surface area contributed by atoms with Crippen LogP contribution in [0.25, 0.3) is 21.5 Å². The lowest BCUT2D eigenvalue weighted by Crippen LogP contribution is -2.06. The first-order valence-corrected chi connectivity index (χ1v) is 5.96. The van der Waals surface area contributed by atoms with E-state index in [0.717, 1.165) is 10.9 Å². The highest BCUT2D eigenvalue weighted by atomic mass is 19.4. The fraction of sp³-hybridized carbons (Fsp3) is 0.125. The Morgan fingerprint density at radius 1 is 0.789 bits per heavy atom. The van der Waals surface area contributed by atoms with Crippen LogP contribution in [0.1, 0.15) is 11.1 Å². The van der Waals surface area contributed by atoms with E-state index in [4.69, 9.17) is 0 Å². The first-order valence-electron chi connectivity index (χ1n) is 5.96. The van der Waals surface area contributed by atoms with Gasteiger partial charge in [0.2, 0.25) is 0 Å². The van der Waals surface area contributed by atoms with E-state index in [9.17, 15) is 13.2 Å². The van der Waals surface area contributed by atoms with Gasteiger partial charge in [-0.15, -0.1) is 0 Å². The Labute approximate surface area is 108 Å². The molecule has 0 saturated carbocycles. The number of rotatable bonds is 0. The monoisotopic (exact) mass is 260 g/mol. The number of hydrogen-bond acceptors (Lipinski definition) is 0. The number of alkyl halides is 3. The molecule has 0 unspecified atom stereocenters. The fourth-order valence-corrected chi connectivity index (χ4v) is 2.45. The van der Waals surface area contributed by atoms with Crippen molar-refractivity contribution in [1.82, 2.24) is 0 Å². The van der Waals surface area contributed by atoms with E-state index in [1.165, 1.54) is 6.07 Å². The van der Waals surface area contributed by atoms with Gasteiger partial charge in [-0.3, -0.25) is 0 Å². The minimum Gasteiger partial charge on any atom is -0.166 e. The van der Waals surface area contributed by atoms with Gasteiger partial charge in [0.25, 0.3) is 0 Å². The first kappa shape index (κ1) is 12.0. The normalized spacial score (nSPS) is 12.2. The zero-order valence-electron chi connectivity index (χ0n) is 10.3. The molecule has 19 heavy (non-hydrogen) atoms. The molecule has 0 aromatic heterocycles. The van der Waals surface area contributed by atoms with Gasteiger partial charge in [-0.1, -0.05) is 48.0 Å². The molecule has 0 aliphatic carbocycles. The molecule has 0 bridgehead atoms. The Hall–Kier alpha value is -2.03. The van der Waals surface area contributed by atoms with Gasteiger partial charge in [0, 0.05) is 0 Å². The highest BCUT2D eigenvalue weighted by Gasteiger charge is 2.33. The second-order valence-corrected chi connectivity index (χ2v) is 4.69. The van der Waals surface area contributed by atoms with E-state index in [-0.39, 0.29) is 5.39 Å². The van der Waals surface area contributed by atoms with Crippen molar-refractivity contribution in [2.75, 3.05) is 0 Å². The molecule has 0 N–H and O–H groups in total.